The standard InChI is InChI=1S/C22H23N3O2/c1-16-4-3-5-18(12-16)14-25-22(26)21-11-8-19(15-24-21)23-13-17-6-9-20(27-2)10-7-17/h3-12,15,23H,13-14H2,1-2H3,(H,25,26). The first-order valence-corrected chi connectivity index (χ1v) is 8.80. The lowest BCUT2D eigenvalue weighted by molar-refractivity contribution is 0.0946. The molecule has 0 saturated heterocycles. The topological polar surface area (TPSA) is 63.2 Å². The maximum absolute atomic E-state index is 12.2. The summed E-state index contributed by atoms with van der Waals surface area (Å²) in [5.41, 5.74) is 4.64. The summed E-state index contributed by atoms with van der Waals surface area (Å²) in [6.45, 7) is 3.19. The highest BCUT2D eigenvalue weighted by molar-refractivity contribution is 5.92. The van der Waals surface area contributed by atoms with Crippen molar-refractivity contribution in [3.8, 4) is 5.75 Å². The van der Waals surface area contributed by atoms with Crippen molar-refractivity contribution in [2.75, 3.05) is 12.4 Å². The Morgan fingerprint density at radius 1 is 1.00 bits per heavy atom. The number of ether oxygens (including phenoxy) is 1. The first-order valence-electron chi connectivity index (χ1n) is 8.80. The molecule has 0 bridgehead atoms. The summed E-state index contributed by atoms with van der Waals surface area (Å²) < 4.78 is 5.15. The molecule has 0 aliphatic rings. The quantitative estimate of drug-likeness (QED) is 0.669. The van der Waals surface area contributed by atoms with Crippen molar-refractivity contribution < 1.29 is 9.53 Å². The minimum Gasteiger partial charge on any atom is -0.497 e. The second-order valence-corrected chi connectivity index (χ2v) is 6.31. The van der Waals surface area contributed by atoms with Gasteiger partial charge in [0, 0.05) is 13.1 Å². The summed E-state index contributed by atoms with van der Waals surface area (Å²) in [5, 5.41) is 6.19. The molecule has 5 nitrogen and oxygen atoms in total. The van der Waals surface area contributed by atoms with Crippen LogP contribution in [0.4, 0.5) is 5.69 Å². The van der Waals surface area contributed by atoms with Gasteiger partial charge in [-0.15, -0.1) is 0 Å². The molecule has 138 valence electrons. The molecule has 3 aromatic rings. The van der Waals surface area contributed by atoms with Crippen molar-refractivity contribution in [1.29, 1.82) is 0 Å². The van der Waals surface area contributed by atoms with E-state index in [9.17, 15) is 4.79 Å². The Labute approximate surface area is 159 Å². The number of benzene rings is 2. The highest BCUT2D eigenvalue weighted by Gasteiger charge is 2.07. The van der Waals surface area contributed by atoms with Crippen LogP contribution in [0.2, 0.25) is 0 Å². The Bertz CT molecular complexity index is 890. The zero-order chi connectivity index (χ0) is 19.1. The van der Waals surface area contributed by atoms with Crippen molar-refractivity contribution in [2.24, 2.45) is 0 Å². The number of carbonyl (C=O) groups excluding carboxylic acids is 1. The van der Waals surface area contributed by atoms with Gasteiger partial charge in [0.1, 0.15) is 11.4 Å². The molecule has 0 aliphatic carbocycles. The van der Waals surface area contributed by atoms with Gasteiger partial charge in [-0.2, -0.15) is 0 Å². The van der Waals surface area contributed by atoms with Gasteiger partial charge < -0.3 is 15.4 Å². The number of hydrogen-bond donors (Lipinski definition) is 2. The normalized spacial score (nSPS) is 10.3. The van der Waals surface area contributed by atoms with Crippen LogP contribution in [0, 0.1) is 6.92 Å². The summed E-state index contributed by atoms with van der Waals surface area (Å²) in [6.07, 6.45) is 1.67. The average Bonchev–Trinajstić information content (AvgIpc) is 2.71. The highest BCUT2D eigenvalue weighted by atomic mass is 16.5. The van der Waals surface area contributed by atoms with Gasteiger partial charge in [0.05, 0.1) is 19.0 Å². The van der Waals surface area contributed by atoms with E-state index in [0.717, 1.165) is 22.6 Å². The molecule has 3 rings (SSSR count). The van der Waals surface area contributed by atoms with Gasteiger partial charge in [-0.1, -0.05) is 42.0 Å². The van der Waals surface area contributed by atoms with Crippen molar-refractivity contribution in [2.45, 2.75) is 20.0 Å². The van der Waals surface area contributed by atoms with Crippen LogP contribution in [0.25, 0.3) is 0 Å². The van der Waals surface area contributed by atoms with Crippen LogP contribution in [0.3, 0.4) is 0 Å². The lowest BCUT2D eigenvalue weighted by Crippen LogP contribution is -2.23. The second kappa shape index (κ2) is 8.85. The van der Waals surface area contributed by atoms with E-state index < -0.39 is 0 Å². The number of methoxy groups -OCH3 is 1. The maximum atomic E-state index is 12.2. The van der Waals surface area contributed by atoms with E-state index in [0.29, 0.717) is 18.8 Å². The molecular weight excluding hydrogens is 338 g/mol. The van der Waals surface area contributed by atoms with Gasteiger partial charge in [-0.3, -0.25) is 4.79 Å². The van der Waals surface area contributed by atoms with Crippen LogP contribution in [-0.4, -0.2) is 18.0 Å². The van der Waals surface area contributed by atoms with Crippen LogP contribution < -0.4 is 15.4 Å². The number of aryl methyl sites for hydroxylation is 1. The molecule has 1 amide bonds. The third-order valence-corrected chi connectivity index (χ3v) is 4.19. The average molecular weight is 361 g/mol. The molecule has 0 fully saturated rings. The Morgan fingerprint density at radius 3 is 2.48 bits per heavy atom. The Balaban J connectivity index is 1.52. The molecule has 27 heavy (non-hydrogen) atoms. The molecule has 0 saturated carbocycles. The smallest absolute Gasteiger partial charge is 0.270 e. The van der Waals surface area contributed by atoms with E-state index >= 15 is 0 Å². The number of amides is 1. The lowest BCUT2D eigenvalue weighted by Gasteiger charge is -2.09. The van der Waals surface area contributed by atoms with E-state index in [1.807, 2.05) is 55.5 Å². The van der Waals surface area contributed by atoms with Gasteiger partial charge in [0.25, 0.3) is 5.91 Å². The van der Waals surface area contributed by atoms with Crippen LogP contribution in [0.5, 0.6) is 5.75 Å². The largest absolute Gasteiger partial charge is 0.497 e. The fourth-order valence-electron chi connectivity index (χ4n) is 2.68. The summed E-state index contributed by atoms with van der Waals surface area (Å²) in [4.78, 5) is 16.5. The predicted molar refractivity (Wildman–Crippen MR) is 107 cm³/mol. The third kappa shape index (κ3) is 5.31. The molecule has 2 aromatic carbocycles. The minimum atomic E-state index is -0.182. The van der Waals surface area contributed by atoms with Gasteiger partial charge in [-0.05, 0) is 42.3 Å². The number of carbonyl (C=O) groups is 1. The van der Waals surface area contributed by atoms with Crippen LogP contribution in [0.15, 0.2) is 66.9 Å². The summed E-state index contributed by atoms with van der Waals surface area (Å²) in [5.74, 6) is 0.652. The SMILES string of the molecule is COc1ccc(CNc2ccc(C(=O)NCc3cccc(C)c3)nc2)cc1. The molecule has 2 N–H and O–H groups in total. The Morgan fingerprint density at radius 2 is 1.81 bits per heavy atom. The van der Waals surface area contributed by atoms with Gasteiger partial charge >= 0.3 is 0 Å². The number of nitrogens with one attached hydrogen (secondary N) is 2. The van der Waals surface area contributed by atoms with E-state index in [-0.39, 0.29) is 5.91 Å². The van der Waals surface area contributed by atoms with E-state index in [1.54, 1.807) is 19.4 Å². The first-order chi connectivity index (χ1) is 13.1. The first kappa shape index (κ1) is 18.5. The monoisotopic (exact) mass is 361 g/mol. The second-order valence-electron chi connectivity index (χ2n) is 6.31. The molecule has 0 radical (unpaired) electrons. The van der Waals surface area contributed by atoms with Crippen molar-refractivity contribution in [3.63, 3.8) is 0 Å². The van der Waals surface area contributed by atoms with Gasteiger partial charge in [0.2, 0.25) is 0 Å². The van der Waals surface area contributed by atoms with E-state index in [4.69, 9.17) is 4.74 Å². The molecule has 0 aliphatic heterocycles. The zero-order valence-electron chi connectivity index (χ0n) is 15.5. The molecule has 0 spiro atoms. The maximum Gasteiger partial charge on any atom is 0.270 e. The number of aromatic nitrogens is 1. The fourth-order valence-corrected chi connectivity index (χ4v) is 2.68. The van der Waals surface area contributed by atoms with Crippen LogP contribution in [0.1, 0.15) is 27.2 Å². The minimum absolute atomic E-state index is 0.182. The Hall–Kier alpha value is -3.34. The van der Waals surface area contributed by atoms with Crippen molar-refractivity contribution in [1.82, 2.24) is 10.3 Å². The van der Waals surface area contributed by atoms with Crippen molar-refractivity contribution >= 4 is 11.6 Å². The molecule has 5 heteroatoms. The summed E-state index contributed by atoms with van der Waals surface area (Å²) in [6, 6.07) is 19.5. The molecule has 0 unspecified atom stereocenters. The number of hydrogen-bond acceptors (Lipinski definition) is 4. The van der Waals surface area contributed by atoms with Crippen LogP contribution in [-0.2, 0) is 13.1 Å². The van der Waals surface area contributed by atoms with Gasteiger partial charge in [0.15, 0.2) is 0 Å². The van der Waals surface area contributed by atoms with E-state index in [2.05, 4.69) is 21.7 Å². The molecule has 1 aromatic heterocycles. The molecule has 0 atom stereocenters. The van der Waals surface area contributed by atoms with E-state index in [1.165, 1.54) is 5.56 Å². The number of nitrogens with zero attached hydrogens (tertiary/aromatic N) is 1. The summed E-state index contributed by atoms with van der Waals surface area (Å²) >= 11 is 0. The van der Waals surface area contributed by atoms with Crippen LogP contribution >= 0.6 is 0 Å². The molecular formula is C22H23N3O2. The highest BCUT2D eigenvalue weighted by Crippen LogP contribution is 2.13. The molecule has 1 heterocycles. The third-order valence-electron chi connectivity index (χ3n) is 4.19. The fraction of sp³-hybridized carbons (Fsp3) is 0.182. The summed E-state index contributed by atoms with van der Waals surface area (Å²) in [7, 11) is 1.65. The lowest BCUT2D eigenvalue weighted by atomic mass is 10.1. The Kier molecular flexibility index (Phi) is 6.05. The van der Waals surface area contributed by atoms with Gasteiger partial charge in [-0.25, -0.2) is 4.98 Å². The number of pyridine rings is 1. The number of rotatable bonds is 7. The number of anilines is 1. The predicted octanol–water partition coefficient (Wildman–Crippen LogP) is 3.94. The zero-order valence-corrected chi connectivity index (χ0v) is 15.5. The van der Waals surface area contributed by atoms with Crippen molar-refractivity contribution in [3.05, 3.63) is 89.2 Å².